The molecule has 9 nitrogen and oxygen atoms in total. The number of amides is 3. The van der Waals surface area contributed by atoms with Crippen LogP contribution in [-0.2, 0) is 14.4 Å². The molecule has 51 heavy (non-hydrogen) atoms. The number of nitrogens with one attached hydrogen (secondary N) is 3. The third-order valence-corrected chi connectivity index (χ3v) is 8.68. The van der Waals surface area contributed by atoms with Crippen molar-refractivity contribution < 1.29 is 28.6 Å². The van der Waals surface area contributed by atoms with Gasteiger partial charge >= 0.3 is 0 Å². The first-order chi connectivity index (χ1) is 23.9. The van der Waals surface area contributed by atoms with Gasteiger partial charge in [-0.3, -0.25) is 14.4 Å². The van der Waals surface area contributed by atoms with Crippen molar-refractivity contribution in [3.63, 3.8) is 0 Å². The Morgan fingerprint density at radius 1 is 0.392 bits per heavy atom. The highest BCUT2D eigenvalue weighted by Gasteiger charge is 2.23. The maximum atomic E-state index is 13.3. The molecule has 4 rings (SSSR count). The van der Waals surface area contributed by atoms with Gasteiger partial charge in [0.15, 0.2) is 18.3 Å². The van der Waals surface area contributed by atoms with Crippen LogP contribution in [0.4, 0.5) is 17.1 Å². The SMILES string of the molecule is Cc1cc(C)c(NC(=O)C(C)Oc2cc(O[C@H](C)C(=O)Nc3c(C)cc(C)cc3C)cc(O[C@H](C)C(=O)Nc3c(C)cc(C)cc3C)c2)c(C)c1. The molecule has 0 aliphatic rings. The molecule has 0 radical (unpaired) electrons. The molecule has 3 amide bonds. The van der Waals surface area contributed by atoms with Crippen molar-refractivity contribution in [3.8, 4) is 17.2 Å². The molecule has 0 saturated heterocycles. The third-order valence-electron chi connectivity index (χ3n) is 8.68. The van der Waals surface area contributed by atoms with Crippen molar-refractivity contribution >= 4 is 34.8 Å². The first-order valence-electron chi connectivity index (χ1n) is 17.2. The van der Waals surface area contributed by atoms with E-state index in [1.807, 2.05) is 98.7 Å². The lowest BCUT2D eigenvalue weighted by Crippen LogP contribution is -2.32. The van der Waals surface area contributed by atoms with Crippen LogP contribution < -0.4 is 30.2 Å². The summed E-state index contributed by atoms with van der Waals surface area (Å²) in [5.74, 6) is -0.236. The second-order valence-electron chi connectivity index (χ2n) is 13.7. The van der Waals surface area contributed by atoms with Crippen LogP contribution in [0.25, 0.3) is 0 Å². The van der Waals surface area contributed by atoms with Gasteiger partial charge in [0.2, 0.25) is 0 Å². The van der Waals surface area contributed by atoms with Crippen molar-refractivity contribution in [1.82, 2.24) is 0 Å². The Kier molecular flexibility index (Phi) is 12.2. The van der Waals surface area contributed by atoms with Gasteiger partial charge < -0.3 is 30.2 Å². The number of rotatable bonds is 12. The summed E-state index contributed by atoms with van der Waals surface area (Å²) in [6, 6.07) is 16.8. The first kappa shape index (κ1) is 38.5. The van der Waals surface area contributed by atoms with E-state index in [2.05, 4.69) is 16.0 Å². The predicted octanol–water partition coefficient (Wildman–Crippen LogP) is 8.68. The van der Waals surface area contributed by atoms with Gasteiger partial charge in [-0.05, 0) is 116 Å². The molecule has 0 fully saturated rings. The largest absolute Gasteiger partial charge is 0.481 e. The Morgan fingerprint density at radius 2 is 0.588 bits per heavy atom. The lowest BCUT2D eigenvalue weighted by molar-refractivity contribution is -0.122. The number of aryl methyl sites for hydroxylation is 9. The van der Waals surface area contributed by atoms with Crippen molar-refractivity contribution in [2.24, 2.45) is 0 Å². The Labute approximate surface area is 302 Å². The van der Waals surface area contributed by atoms with Crippen LogP contribution in [0.5, 0.6) is 17.2 Å². The molecular formula is C42H51N3O6. The average molecular weight is 694 g/mol. The lowest BCUT2D eigenvalue weighted by atomic mass is 10.0. The van der Waals surface area contributed by atoms with Crippen LogP contribution in [0.2, 0.25) is 0 Å². The van der Waals surface area contributed by atoms with E-state index in [1.54, 1.807) is 39.0 Å². The highest BCUT2D eigenvalue weighted by molar-refractivity contribution is 5.97. The molecule has 3 N–H and O–H groups in total. The van der Waals surface area contributed by atoms with Crippen LogP contribution >= 0.6 is 0 Å². The monoisotopic (exact) mass is 693 g/mol. The molecule has 0 saturated carbocycles. The van der Waals surface area contributed by atoms with Gasteiger partial charge in [0.05, 0.1) is 0 Å². The second kappa shape index (κ2) is 16.1. The molecule has 0 heterocycles. The molecule has 0 aliphatic carbocycles. The van der Waals surface area contributed by atoms with E-state index < -0.39 is 18.3 Å². The zero-order valence-electron chi connectivity index (χ0n) is 31.9. The Morgan fingerprint density at radius 3 is 0.784 bits per heavy atom. The summed E-state index contributed by atoms with van der Waals surface area (Å²) in [5, 5.41) is 8.96. The number of anilines is 3. The van der Waals surface area contributed by atoms with Gasteiger partial charge in [0.1, 0.15) is 17.2 Å². The lowest BCUT2D eigenvalue weighted by Gasteiger charge is -2.21. The summed E-state index contributed by atoms with van der Waals surface area (Å²) >= 11 is 0. The molecule has 9 heteroatoms. The number of carbonyl (C=O) groups is 3. The van der Waals surface area contributed by atoms with Crippen molar-refractivity contribution in [1.29, 1.82) is 0 Å². The number of ether oxygens (including phenoxy) is 3. The highest BCUT2D eigenvalue weighted by Crippen LogP contribution is 2.32. The predicted molar refractivity (Wildman–Crippen MR) is 205 cm³/mol. The molecule has 0 spiro atoms. The zero-order chi connectivity index (χ0) is 37.7. The van der Waals surface area contributed by atoms with Crippen LogP contribution in [-0.4, -0.2) is 36.0 Å². The zero-order valence-corrected chi connectivity index (χ0v) is 31.9. The van der Waals surface area contributed by atoms with Crippen LogP contribution in [0.3, 0.4) is 0 Å². The minimum Gasteiger partial charge on any atom is -0.481 e. The van der Waals surface area contributed by atoms with E-state index in [4.69, 9.17) is 14.2 Å². The maximum absolute atomic E-state index is 13.3. The van der Waals surface area contributed by atoms with Crippen LogP contribution in [0.15, 0.2) is 54.6 Å². The molecule has 0 aliphatic heterocycles. The fraction of sp³-hybridized carbons (Fsp3) is 0.357. The van der Waals surface area contributed by atoms with Gasteiger partial charge in [-0.15, -0.1) is 0 Å². The van der Waals surface area contributed by atoms with Crippen molar-refractivity contribution in [2.75, 3.05) is 16.0 Å². The van der Waals surface area contributed by atoms with E-state index in [-0.39, 0.29) is 35.0 Å². The van der Waals surface area contributed by atoms with E-state index in [9.17, 15) is 14.4 Å². The van der Waals surface area contributed by atoms with Gasteiger partial charge in [-0.2, -0.15) is 0 Å². The second-order valence-corrected chi connectivity index (χ2v) is 13.7. The Bertz CT molecular complexity index is 1660. The number of carbonyl (C=O) groups excluding carboxylic acids is 3. The van der Waals surface area contributed by atoms with E-state index in [0.29, 0.717) is 0 Å². The quantitative estimate of drug-likeness (QED) is 0.137. The van der Waals surface area contributed by atoms with E-state index >= 15 is 0 Å². The Hall–Kier alpha value is -5.31. The molecule has 270 valence electrons. The minimum atomic E-state index is -0.908. The molecule has 4 aromatic carbocycles. The van der Waals surface area contributed by atoms with E-state index in [0.717, 1.165) is 67.1 Å². The summed E-state index contributed by atoms with van der Waals surface area (Å²) in [6.07, 6.45) is -2.72. The summed E-state index contributed by atoms with van der Waals surface area (Å²) < 4.78 is 18.4. The topological polar surface area (TPSA) is 115 Å². The number of benzene rings is 4. The molecule has 1 unspecified atom stereocenters. The molecular weight excluding hydrogens is 642 g/mol. The Balaban J connectivity index is 1.57. The number of hydrogen-bond acceptors (Lipinski definition) is 6. The summed E-state index contributed by atoms with van der Waals surface area (Å²) in [4.78, 5) is 39.9. The van der Waals surface area contributed by atoms with Crippen molar-refractivity contribution in [3.05, 3.63) is 105 Å². The van der Waals surface area contributed by atoms with E-state index in [1.165, 1.54) is 0 Å². The molecule has 0 bridgehead atoms. The average Bonchev–Trinajstić information content (AvgIpc) is 3.01. The normalized spacial score (nSPS) is 12.7. The summed E-state index contributed by atoms with van der Waals surface area (Å²) in [6.45, 7) is 22.7. The molecule has 4 aromatic rings. The molecule has 0 aromatic heterocycles. The van der Waals surface area contributed by atoms with Crippen LogP contribution in [0.1, 0.15) is 70.8 Å². The van der Waals surface area contributed by atoms with Gasteiger partial charge in [-0.1, -0.05) is 53.1 Å². The fourth-order valence-electron chi connectivity index (χ4n) is 6.33. The van der Waals surface area contributed by atoms with Gasteiger partial charge in [-0.25, -0.2) is 0 Å². The standard InChI is InChI=1S/C42H51N3O6/c1-22-13-25(4)37(26(5)14-22)43-40(46)31(10)49-34-19-35(50-32(11)41(47)44-38-27(6)15-23(2)16-28(38)7)21-36(20-34)51-33(12)42(48)45-39-29(8)17-24(3)18-30(39)9/h13-21,31-33H,1-12H3,(H,43,46)(H,44,47)(H,45,48)/t31-,32-,33?/m1/s1. The minimum absolute atomic E-state index is 0.262. The molecule has 3 atom stereocenters. The third kappa shape index (κ3) is 9.90. The maximum Gasteiger partial charge on any atom is 0.265 e. The summed E-state index contributed by atoms with van der Waals surface area (Å²) in [7, 11) is 0. The smallest absolute Gasteiger partial charge is 0.265 e. The van der Waals surface area contributed by atoms with Gasteiger partial charge in [0.25, 0.3) is 17.7 Å². The van der Waals surface area contributed by atoms with Crippen LogP contribution in [0, 0.1) is 62.3 Å². The van der Waals surface area contributed by atoms with Gasteiger partial charge in [0, 0.05) is 35.3 Å². The fourth-order valence-corrected chi connectivity index (χ4v) is 6.33. The summed E-state index contributed by atoms with van der Waals surface area (Å²) in [5.41, 5.74) is 11.2. The van der Waals surface area contributed by atoms with Crippen molar-refractivity contribution in [2.45, 2.75) is 101 Å². The number of hydrogen-bond donors (Lipinski definition) is 3. The first-order valence-corrected chi connectivity index (χ1v) is 17.2. The highest BCUT2D eigenvalue weighted by atomic mass is 16.5.